The Hall–Kier alpha value is -2.24. The SMILES string of the molecule is CCn1nccc1-c1cnc(CC2CCN(C(C)=O)CC2)cn1. The summed E-state index contributed by atoms with van der Waals surface area (Å²) in [5.74, 6) is 0.770. The minimum Gasteiger partial charge on any atom is -0.343 e. The highest BCUT2D eigenvalue weighted by atomic mass is 16.2. The van der Waals surface area contributed by atoms with Crippen LogP contribution in [0.2, 0.25) is 0 Å². The summed E-state index contributed by atoms with van der Waals surface area (Å²) in [5, 5.41) is 4.27. The fraction of sp³-hybridized carbons (Fsp3) is 0.529. The molecule has 1 fully saturated rings. The Morgan fingerprint density at radius 1 is 1.26 bits per heavy atom. The summed E-state index contributed by atoms with van der Waals surface area (Å²) in [6, 6.07) is 1.96. The highest BCUT2D eigenvalue weighted by molar-refractivity contribution is 5.73. The van der Waals surface area contributed by atoms with Gasteiger partial charge in [0.2, 0.25) is 5.91 Å². The molecule has 0 bridgehead atoms. The molecule has 0 saturated carbocycles. The van der Waals surface area contributed by atoms with Gasteiger partial charge in [-0.15, -0.1) is 0 Å². The van der Waals surface area contributed by atoms with Gasteiger partial charge in [0, 0.05) is 39.0 Å². The first-order chi connectivity index (χ1) is 11.2. The number of rotatable bonds is 4. The first-order valence-corrected chi connectivity index (χ1v) is 8.26. The third kappa shape index (κ3) is 3.57. The lowest BCUT2D eigenvalue weighted by Gasteiger charge is -2.31. The van der Waals surface area contributed by atoms with E-state index in [0.29, 0.717) is 5.92 Å². The average Bonchev–Trinajstić information content (AvgIpc) is 3.05. The van der Waals surface area contributed by atoms with Gasteiger partial charge in [-0.2, -0.15) is 5.10 Å². The Kier molecular flexibility index (Phi) is 4.69. The number of aromatic nitrogens is 4. The Morgan fingerprint density at radius 3 is 2.65 bits per heavy atom. The number of piperidine rings is 1. The van der Waals surface area contributed by atoms with E-state index in [-0.39, 0.29) is 5.91 Å². The van der Waals surface area contributed by atoms with E-state index in [9.17, 15) is 4.79 Å². The predicted molar refractivity (Wildman–Crippen MR) is 87.6 cm³/mol. The van der Waals surface area contributed by atoms with Crippen LogP contribution in [0.3, 0.4) is 0 Å². The molecule has 2 aromatic heterocycles. The topological polar surface area (TPSA) is 63.9 Å². The number of carbonyl (C=O) groups is 1. The highest BCUT2D eigenvalue weighted by Crippen LogP contribution is 2.22. The van der Waals surface area contributed by atoms with Crippen LogP contribution in [0.25, 0.3) is 11.4 Å². The van der Waals surface area contributed by atoms with Crippen molar-refractivity contribution >= 4 is 5.91 Å². The van der Waals surface area contributed by atoms with Gasteiger partial charge in [0.05, 0.1) is 17.6 Å². The molecule has 122 valence electrons. The molecule has 0 aromatic carbocycles. The van der Waals surface area contributed by atoms with Gasteiger partial charge in [-0.3, -0.25) is 19.4 Å². The molecule has 6 nitrogen and oxygen atoms in total. The van der Waals surface area contributed by atoms with Crippen LogP contribution >= 0.6 is 0 Å². The molecule has 6 heteroatoms. The molecule has 23 heavy (non-hydrogen) atoms. The van der Waals surface area contributed by atoms with Gasteiger partial charge >= 0.3 is 0 Å². The largest absolute Gasteiger partial charge is 0.343 e. The van der Waals surface area contributed by atoms with Crippen molar-refractivity contribution in [3.63, 3.8) is 0 Å². The van der Waals surface area contributed by atoms with Crippen LogP contribution in [-0.2, 0) is 17.8 Å². The van der Waals surface area contributed by atoms with E-state index in [1.54, 1.807) is 13.1 Å². The number of aryl methyl sites for hydroxylation is 1. The Labute approximate surface area is 136 Å². The summed E-state index contributed by atoms with van der Waals surface area (Å²) in [7, 11) is 0. The summed E-state index contributed by atoms with van der Waals surface area (Å²) in [4.78, 5) is 22.4. The highest BCUT2D eigenvalue weighted by Gasteiger charge is 2.21. The van der Waals surface area contributed by atoms with E-state index >= 15 is 0 Å². The maximum Gasteiger partial charge on any atom is 0.219 e. The quantitative estimate of drug-likeness (QED) is 0.867. The molecule has 0 unspecified atom stereocenters. The van der Waals surface area contributed by atoms with Crippen LogP contribution < -0.4 is 0 Å². The first kappa shape index (κ1) is 15.6. The van der Waals surface area contributed by atoms with Crippen molar-refractivity contribution in [2.24, 2.45) is 5.92 Å². The van der Waals surface area contributed by atoms with Gasteiger partial charge in [-0.05, 0) is 38.2 Å². The zero-order valence-electron chi connectivity index (χ0n) is 13.8. The fourth-order valence-electron chi connectivity index (χ4n) is 3.14. The number of carbonyl (C=O) groups excluding carboxylic acids is 1. The fourth-order valence-corrected chi connectivity index (χ4v) is 3.14. The Balaban J connectivity index is 1.61. The number of likely N-dealkylation sites (tertiary alicyclic amines) is 1. The maximum absolute atomic E-state index is 11.4. The van der Waals surface area contributed by atoms with Crippen molar-refractivity contribution in [2.75, 3.05) is 13.1 Å². The molecule has 1 amide bonds. The number of hydrogen-bond acceptors (Lipinski definition) is 4. The van der Waals surface area contributed by atoms with E-state index in [0.717, 1.165) is 56.0 Å². The van der Waals surface area contributed by atoms with Crippen molar-refractivity contribution < 1.29 is 4.79 Å². The summed E-state index contributed by atoms with van der Waals surface area (Å²) >= 11 is 0. The zero-order valence-corrected chi connectivity index (χ0v) is 13.8. The molecular weight excluding hydrogens is 290 g/mol. The number of hydrogen-bond donors (Lipinski definition) is 0. The molecule has 3 heterocycles. The summed E-state index contributed by atoms with van der Waals surface area (Å²) in [6.07, 6.45) is 8.53. The van der Waals surface area contributed by atoms with E-state index < -0.39 is 0 Å². The molecule has 0 N–H and O–H groups in total. The first-order valence-electron chi connectivity index (χ1n) is 8.26. The molecule has 0 atom stereocenters. The molecule has 1 aliphatic rings. The van der Waals surface area contributed by atoms with Crippen molar-refractivity contribution in [3.05, 3.63) is 30.4 Å². The maximum atomic E-state index is 11.4. The van der Waals surface area contributed by atoms with Gasteiger partial charge in [-0.25, -0.2) is 0 Å². The molecule has 0 aliphatic carbocycles. The average molecular weight is 313 g/mol. The van der Waals surface area contributed by atoms with Gasteiger partial charge < -0.3 is 4.90 Å². The van der Waals surface area contributed by atoms with Crippen LogP contribution in [0.1, 0.15) is 32.4 Å². The second-order valence-electron chi connectivity index (χ2n) is 6.08. The summed E-state index contributed by atoms with van der Waals surface area (Å²) in [6.45, 7) is 6.25. The van der Waals surface area contributed by atoms with Gasteiger partial charge in [0.25, 0.3) is 0 Å². The lowest BCUT2D eigenvalue weighted by atomic mass is 9.92. The van der Waals surface area contributed by atoms with Gasteiger partial charge in [0.1, 0.15) is 5.69 Å². The van der Waals surface area contributed by atoms with Crippen molar-refractivity contribution in [2.45, 2.75) is 39.7 Å². The second kappa shape index (κ2) is 6.89. The van der Waals surface area contributed by atoms with Crippen molar-refractivity contribution in [1.82, 2.24) is 24.6 Å². The molecule has 1 aliphatic heterocycles. The minimum absolute atomic E-state index is 0.181. The van der Waals surface area contributed by atoms with Crippen LogP contribution in [0, 0.1) is 5.92 Å². The molecule has 3 rings (SSSR count). The van der Waals surface area contributed by atoms with Crippen LogP contribution in [0.15, 0.2) is 24.7 Å². The van der Waals surface area contributed by atoms with E-state index in [1.807, 2.05) is 28.0 Å². The number of amides is 1. The predicted octanol–water partition coefficient (Wildman–Crippen LogP) is 2.16. The molecule has 1 saturated heterocycles. The Bertz CT molecular complexity index is 656. The standard InChI is InChI=1S/C17H23N5O/c1-3-22-17(4-7-20-22)16-12-18-15(11-19-16)10-14-5-8-21(9-6-14)13(2)23/h4,7,11-12,14H,3,5-6,8-10H2,1-2H3. The molecule has 0 radical (unpaired) electrons. The molecule has 2 aromatic rings. The summed E-state index contributed by atoms with van der Waals surface area (Å²) in [5.41, 5.74) is 2.89. The zero-order chi connectivity index (χ0) is 16.2. The van der Waals surface area contributed by atoms with Gasteiger partial charge in [-0.1, -0.05) is 0 Å². The van der Waals surface area contributed by atoms with Crippen molar-refractivity contribution in [3.8, 4) is 11.4 Å². The summed E-state index contributed by atoms with van der Waals surface area (Å²) < 4.78 is 1.92. The lowest BCUT2D eigenvalue weighted by Crippen LogP contribution is -2.37. The van der Waals surface area contributed by atoms with Crippen LogP contribution in [0.4, 0.5) is 0 Å². The third-order valence-electron chi connectivity index (χ3n) is 4.54. The van der Waals surface area contributed by atoms with Crippen LogP contribution in [-0.4, -0.2) is 43.6 Å². The van der Waals surface area contributed by atoms with E-state index in [4.69, 9.17) is 0 Å². The molecular formula is C17H23N5O. The Morgan fingerprint density at radius 2 is 2.04 bits per heavy atom. The second-order valence-corrected chi connectivity index (χ2v) is 6.08. The minimum atomic E-state index is 0.181. The van der Waals surface area contributed by atoms with Crippen LogP contribution in [0.5, 0.6) is 0 Å². The smallest absolute Gasteiger partial charge is 0.219 e. The third-order valence-corrected chi connectivity index (χ3v) is 4.54. The monoisotopic (exact) mass is 313 g/mol. The van der Waals surface area contributed by atoms with Crippen molar-refractivity contribution in [1.29, 1.82) is 0 Å². The normalized spacial score (nSPS) is 15.8. The van der Waals surface area contributed by atoms with E-state index in [2.05, 4.69) is 22.0 Å². The number of nitrogens with zero attached hydrogens (tertiary/aromatic N) is 5. The lowest BCUT2D eigenvalue weighted by molar-refractivity contribution is -0.130. The van der Waals surface area contributed by atoms with E-state index in [1.165, 1.54) is 0 Å². The van der Waals surface area contributed by atoms with Gasteiger partial charge in [0.15, 0.2) is 0 Å². The molecule has 0 spiro atoms.